The predicted molar refractivity (Wildman–Crippen MR) is 51.1 cm³/mol. The molecular formula is C8H19NOS. The van der Waals surface area contributed by atoms with Gasteiger partial charge in [-0.2, -0.15) is 0 Å². The van der Waals surface area contributed by atoms with Crippen LogP contribution in [-0.4, -0.2) is 22.3 Å². The lowest BCUT2D eigenvalue weighted by Gasteiger charge is -1.98. The van der Waals surface area contributed by atoms with Gasteiger partial charge >= 0.3 is 0 Å². The number of nitrogens with two attached hydrogens (primary N) is 1. The Bertz CT molecular complexity index is 106. The van der Waals surface area contributed by atoms with Crippen molar-refractivity contribution in [1.82, 2.24) is 0 Å². The van der Waals surface area contributed by atoms with Crippen molar-refractivity contribution in [1.29, 1.82) is 0 Å². The van der Waals surface area contributed by atoms with Crippen LogP contribution in [0.5, 0.6) is 0 Å². The van der Waals surface area contributed by atoms with Gasteiger partial charge in [0.25, 0.3) is 0 Å². The highest BCUT2D eigenvalue weighted by molar-refractivity contribution is 7.84. The van der Waals surface area contributed by atoms with Gasteiger partial charge in [0.2, 0.25) is 0 Å². The van der Waals surface area contributed by atoms with E-state index in [1.165, 1.54) is 0 Å². The van der Waals surface area contributed by atoms with Gasteiger partial charge in [0.1, 0.15) is 0 Å². The van der Waals surface area contributed by atoms with Crippen molar-refractivity contribution in [3.8, 4) is 0 Å². The predicted octanol–water partition coefficient (Wildman–Crippen LogP) is 1.27. The zero-order valence-corrected chi connectivity index (χ0v) is 8.16. The second kappa shape index (κ2) is 8.21. The third kappa shape index (κ3) is 8.01. The van der Waals surface area contributed by atoms with Crippen molar-refractivity contribution in [2.24, 2.45) is 5.73 Å². The Morgan fingerprint density at radius 2 is 1.91 bits per heavy atom. The summed E-state index contributed by atoms with van der Waals surface area (Å²) in [5, 5.41) is 0. The molecule has 11 heavy (non-hydrogen) atoms. The number of rotatable bonds is 7. The molecule has 0 aliphatic heterocycles. The quantitative estimate of drug-likeness (QED) is 0.595. The summed E-state index contributed by atoms with van der Waals surface area (Å²) in [6.45, 7) is 2.83. The maximum atomic E-state index is 11.1. The van der Waals surface area contributed by atoms with Gasteiger partial charge in [-0.15, -0.1) is 0 Å². The minimum atomic E-state index is -0.564. The van der Waals surface area contributed by atoms with Crippen LogP contribution in [-0.2, 0) is 10.8 Å². The van der Waals surface area contributed by atoms with Crippen LogP contribution in [0.15, 0.2) is 0 Å². The van der Waals surface area contributed by atoms with E-state index in [1.54, 1.807) is 0 Å². The maximum Gasteiger partial charge on any atom is 0.0234 e. The second-order valence-electron chi connectivity index (χ2n) is 2.70. The molecule has 0 radical (unpaired) electrons. The molecule has 0 spiro atoms. The Hall–Kier alpha value is 0.110. The van der Waals surface area contributed by atoms with E-state index < -0.39 is 10.8 Å². The van der Waals surface area contributed by atoms with E-state index in [4.69, 9.17) is 5.73 Å². The molecule has 0 saturated heterocycles. The highest BCUT2D eigenvalue weighted by atomic mass is 32.2. The molecule has 2 N–H and O–H groups in total. The Balaban J connectivity index is 3.04. The van der Waals surface area contributed by atoms with Crippen molar-refractivity contribution < 1.29 is 4.21 Å². The van der Waals surface area contributed by atoms with Crippen LogP contribution in [0.2, 0.25) is 0 Å². The fraction of sp³-hybridized carbons (Fsp3) is 1.00. The Morgan fingerprint density at radius 3 is 2.45 bits per heavy atom. The van der Waals surface area contributed by atoms with Crippen molar-refractivity contribution in [3.63, 3.8) is 0 Å². The van der Waals surface area contributed by atoms with Crippen LogP contribution in [0.3, 0.4) is 0 Å². The van der Waals surface area contributed by atoms with Crippen LogP contribution in [0.1, 0.15) is 32.6 Å². The molecular weight excluding hydrogens is 158 g/mol. The summed E-state index contributed by atoms with van der Waals surface area (Å²) < 4.78 is 11.1. The standard InChI is InChI=1S/C8H19NOS/c1-2-7-11(10)8-5-3-4-6-9/h2-9H2,1H3. The molecule has 0 heterocycles. The van der Waals surface area contributed by atoms with Crippen LogP contribution < -0.4 is 5.73 Å². The molecule has 0 amide bonds. The fourth-order valence-corrected chi connectivity index (χ4v) is 2.10. The molecule has 3 heteroatoms. The molecule has 68 valence electrons. The second-order valence-corrected chi connectivity index (χ2v) is 4.39. The monoisotopic (exact) mass is 177 g/mol. The van der Waals surface area contributed by atoms with Crippen LogP contribution >= 0.6 is 0 Å². The van der Waals surface area contributed by atoms with Gasteiger partial charge in [0.05, 0.1) is 0 Å². The number of hydrogen-bond acceptors (Lipinski definition) is 2. The van der Waals surface area contributed by atoms with Crippen LogP contribution in [0.4, 0.5) is 0 Å². The van der Waals surface area contributed by atoms with Crippen LogP contribution in [0, 0.1) is 0 Å². The van der Waals surface area contributed by atoms with Gasteiger partial charge in [-0.3, -0.25) is 4.21 Å². The Morgan fingerprint density at radius 1 is 1.18 bits per heavy atom. The maximum absolute atomic E-state index is 11.1. The first-order valence-corrected chi connectivity index (χ1v) is 5.85. The molecule has 1 atom stereocenters. The van der Waals surface area contributed by atoms with Crippen molar-refractivity contribution in [2.75, 3.05) is 18.1 Å². The van der Waals surface area contributed by atoms with Gasteiger partial charge in [-0.05, 0) is 25.8 Å². The highest BCUT2D eigenvalue weighted by Gasteiger charge is 1.96. The SMILES string of the molecule is CCCS(=O)CCCCCN. The molecule has 0 aliphatic carbocycles. The summed E-state index contributed by atoms with van der Waals surface area (Å²) >= 11 is 0. The molecule has 1 unspecified atom stereocenters. The molecule has 0 aliphatic rings. The van der Waals surface area contributed by atoms with Gasteiger partial charge in [-0.1, -0.05) is 13.3 Å². The van der Waals surface area contributed by atoms with Crippen molar-refractivity contribution >= 4 is 10.8 Å². The van der Waals surface area contributed by atoms with Crippen molar-refractivity contribution in [3.05, 3.63) is 0 Å². The number of hydrogen-bond donors (Lipinski definition) is 1. The van der Waals surface area contributed by atoms with Crippen LogP contribution in [0.25, 0.3) is 0 Å². The van der Waals surface area contributed by atoms with E-state index in [-0.39, 0.29) is 0 Å². The Kier molecular flexibility index (Phi) is 8.29. The van der Waals surface area contributed by atoms with E-state index in [9.17, 15) is 4.21 Å². The average molecular weight is 177 g/mol. The largest absolute Gasteiger partial charge is 0.330 e. The molecule has 0 aromatic carbocycles. The zero-order chi connectivity index (χ0) is 8.53. The van der Waals surface area contributed by atoms with Gasteiger partial charge < -0.3 is 5.73 Å². The first-order valence-electron chi connectivity index (χ1n) is 4.36. The lowest BCUT2D eigenvalue weighted by molar-refractivity contribution is 0.671. The van der Waals surface area contributed by atoms with E-state index in [1.807, 2.05) is 0 Å². The lowest BCUT2D eigenvalue weighted by atomic mass is 10.2. The summed E-state index contributed by atoms with van der Waals surface area (Å²) in [6.07, 6.45) is 4.31. The third-order valence-corrected chi connectivity index (χ3v) is 3.12. The molecule has 0 aromatic rings. The Labute approximate surface area is 72.0 Å². The molecule has 0 rings (SSSR count). The van der Waals surface area contributed by atoms with E-state index in [0.717, 1.165) is 43.7 Å². The smallest absolute Gasteiger partial charge is 0.0234 e. The number of unbranched alkanes of at least 4 members (excludes halogenated alkanes) is 2. The summed E-state index contributed by atoms with van der Waals surface area (Å²) in [7, 11) is -0.564. The van der Waals surface area contributed by atoms with Crippen molar-refractivity contribution in [2.45, 2.75) is 32.6 Å². The zero-order valence-electron chi connectivity index (χ0n) is 7.34. The minimum absolute atomic E-state index is 0.564. The molecule has 0 bridgehead atoms. The highest BCUT2D eigenvalue weighted by Crippen LogP contribution is 1.97. The third-order valence-electron chi connectivity index (χ3n) is 1.51. The summed E-state index contributed by atoms with van der Waals surface area (Å²) in [5.41, 5.74) is 5.33. The summed E-state index contributed by atoms with van der Waals surface area (Å²) in [4.78, 5) is 0. The minimum Gasteiger partial charge on any atom is -0.330 e. The summed E-state index contributed by atoms with van der Waals surface area (Å²) in [5.74, 6) is 1.73. The molecule has 2 nitrogen and oxygen atoms in total. The van der Waals surface area contributed by atoms with E-state index in [2.05, 4.69) is 6.92 Å². The topological polar surface area (TPSA) is 43.1 Å². The summed E-state index contributed by atoms with van der Waals surface area (Å²) in [6, 6.07) is 0. The molecule has 0 saturated carbocycles. The molecule has 0 fully saturated rings. The van der Waals surface area contributed by atoms with Gasteiger partial charge in [-0.25, -0.2) is 0 Å². The normalized spacial score (nSPS) is 13.3. The fourth-order valence-electron chi connectivity index (χ4n) is 0.914. The van der Waals surface area contributed by atoms with Gasteiger partial charge in [0, 0.05) is 22.3 Å². The first-order chi connectivity index (χ1) is 5.31. The molecule has 0 aromatic heterocycles. The van der Waals surface area contributed by atoms with E-state index in [0.29, 0.717) is 0 Å². The lowest BCUT2D eigenvalue weighted by Crippen LogP contribution is -2.03. The average Bonchev–Trinajstić information content (AvgIpc) is 1.99. The van der Waals surface area contributed by atoms with Gasteiger partial charge in [0.15, 0.2) is 0 Å². The van der Waals surface area contributed by atoms with E-state index >= 15 is 0 Å². The first kappa shape index (κ1) is 11.1.